The molecular weight excluding hydrogens is 434 g/mol. The van der Waals surface area contributed by atoms with Crippen molar-refractivity contribution in [2.24, 2.45) is 10.9 Å². The summed E-state index contributed by atoms with van der Waals surface area (Å²) in [6, 6.07) is 11.4. The lowest BCUT2D eigenvalue weighted by Crippen LogP contribution is -2.31. The summed E-state index contributed by atoms with van der Waals surface area (Å²) in [6.07, 6.45) is 0. The second-order valence-corrected chi connectivity index (χ2v) is 8.24. The fraction of sp³-hybridized carbons (Fsp3) is 0.105. The van der Waals surface area contributed by atoms with E-state index in [9.17, 15) is 18.4 Å². The third-order valence-corrected chi connectivity index (χ3v) is 5.48. The number of primary amides is 1. The maximum Gasteiger partial charge on any atom is 0.338 e. The third-order valence-electron chi connectivity index (χ3n) is 4.25. The van der Waals surface area contributed by atoms with E-state index in [4.69, 9.17) is 31.6 Å². The molecule has 1 aromatic heterocycles. The summed E-state index contributed by atoms with van der Waals surface area (Å²) in [6.45, 7) is -0.290. The van der Waals surface area contributed by atoms with Gasteiger partial charge in [0.2, 0.25) is 10.0 Å². The van der Waals surface area contributed by atoms with E-state index in [1.807, 2.05) is 0 Å². The topological polar surface area (TPSA) is 149 Å². The Kier molecular flexibility index (Phi) is 6.04. The lowest BCUT2D eigenvalue weighted by Gasteiger charge is -2.09. The Hall–Kier alpha value is -3.05. The van der Waals surface area contributed by atoms with E-state index in [-0.39, 0.29) is 17.2 Å². The van der Waals surface area contributed by atoms with Crippen molar-refractivity contribution in [1.82, 2.24) is 5.06 Å². The molecule has 0 saturated carbocycles. The molecule has 2 amide bonds. The Morgan fingerprint density at radius 1 is 1.17 bits per heavy atom. The van der Waals surface area contributed by atoms with E-state index in [1.165, 1.54) is 19.2 Å². The number of sulfonamides is 1. The molecule has 0 aliphatic rings. The average molecular weight is 452 g/mol. The van der Waals surface area contributed by atoms with Crippen molar-refractivity contribution in [3.05, 3.63) is 59.3 Å². The molecule has 0 atom stereocenters. The Bertz CT molecular complexity index is 1190. The summed E-state index contributed by atoms with van der Waals surface area (Å²) in [5.41, 5.74) is 6.84. The molecule has 0 bridgehead atoms. The van der Waals surface area contributed by atoms with Crippen molar-refractivity contribution in [1.29, 1.82) is 0 Å². The molecule has 11 heteroatoms. The van der Waals surface area contributed by atoms with Crippen molar-refractivity contribution in [3.8, 4) is 28.2 Å². The monoisotopic (exact) mass is 451 g/mol. The number of ether oxygens (including phenoxy) is 1. The number of hydrogen-bond acceptors (Lipinski definition) is 6. The molecule has 0 spiro atoms. The van der Waals surface area contributed by atoms with Gasteiger partial charge in [-0.2, -0.15) is 5.06 Å². The average Bonchev–Trinajstić information content (AvgIpc) is 3.11. The predicted molar refractivity (Wildman–Crippen MR) is 109 cm³/mol. The third kappa shape index (κ3) is 4.57. The Labute approximate surface area is 177 Å². The smallest absolute Gasteiger partial charge is 0.338 e. The first-order valence-electron chi connectivity index (χ1n) is 8.46. The number of methoxy groups -OCH3 is 1. The first kappa shape index (κ1) is 21.7. The van der Waals surface area contributed by atoms with Gasteiger partial charge in [0.25, 0.3) is 0 Å². The van der Waals surface area contributed by atoms with Crippen LogP contribution in [0, 0.1) is 0 Å². The number of nitrogens with two attached hydrogens (primary N) is 2. The van der Waals surface area contributed by atoms with Gasteiger partial charge in [-0.25, -0.2) is 18.4 Å². The Balaban J connectivity index is 2.11. The molecular formula is C19H18ClN3O6S. The first-order chi connectivity index (χ1) is 14.1. The van der Waals surface area contributed by atoms with Crippen LogP contribution in [0.1, 0.15) is 5.76 Å². The minimum atomic E-state index is -3.84. The van der Waals surface area contributed by atoms with Crippen LogP contribution in [0.5, 0.6) is 5.75 Å². The summed E-state index contributed by atoms with van der Waals surface area (Å²) in [7, 11) is -2.35. The molecule has 0 saturated heterocycles. The molecule has 0 radical (unpaired) electrons. The number of hydrogen-bond donors (Lipinski definition) is 3. The number of furan rings is 1. The van der Waals surface area contributed by atoms with E-state index >= 15 is 0 Å². The number of carbonyl (C=O) groups is 1. The fourth-order valence-corrected chi connectivity index (χ4v) is 3.58. The molecule has 0 fully saturated rings. The highest BCUT2D eigenvalue weighted by molar-refractivity contribution is 7.89. The standard InChI is InChI=1S/C19H18ClN3O6S/c1-28-17-7-4-12(8-16(17)20)18-15(9-13(29-18)10-23(25)19(21)24)11-2-5-14(6-3-11)30(22,26)27/h2-9,25H,10H2,1H3,(H2,21,24)(H2,22,26,27). The van der Waals surface area contributed by atoms with E-state index in [2.05, 4.69) is 0 Å². The van der Waals surface area contributed by atoms with Crippen LogP contribution in [0.2, 0.25) is 5.02 Å². The second kappa shape index (κ2) is 8.36. The van der Waals surface area contributed by atoms with E-state index in [1.54, 1.807) is 36.4 Å². The van der Waals surface area contributed by atoms with Crippen LogP contribution in [-0.4, -0.2) is 31.8 Å². The van der Waals surface area contributed by atoms with Gasteiger partial charge in [0.15, 0.2) is 0 Å². The molecule has 0 aliphatic carbocycles. The summed E-state index contributed by atoms with van der Waals surface area (Å²) in [5, 5.41) is 15.4. The highest BCUT2D eigenvalue weighted by Gasteiger charge is 2.19. The highest BCUT2D eigenvalue weighted by atomic mass is 35.5. The van der Waals surface area contributed by atoms with E-state index in [0.717, 1.165) is 0 Å². The van der Waals surface area contributed by atoms with Gasteiger partial charge in [0, 0.05) is 11.1 Å². The molecule has 3 rings (SSSR count). The van der Waals surface area contributed by atoms with Crippen LogP contribution in [0.15, 0.2) is 57.8 Å². The highest BCUT2D eigenvalue weighted by Crippen LogP contribution is 2.38. The van der Waals surface area contributed by atoms with Gasteiger partial charge in [0.05, 0.1) is 17.0 Å². The molecule has 158 valence electrons. The number of benzene rings is 2. The van der Waals surface area contributed by atoms with E-state index < -0.39 is 16.1 Å². The van der Waals surface area contributed by atoms with Crippen LogP contribution >= 0.6 is 11.6 Å². The zero-order valence-electron chi connectivity index (χ0n) is 15.7. The zero-order chi connectivity index (χ0) is 22.1. The molecule has 9 nitrogen and oxygen atoms in total. The number of amides is 2. The van der Waals surface area contributed by atoms with Gasteiger partial charge < -0.3 is 14.9 Å². The van der Waals surface area contributed by atoms with Crippen molar-refractivity contribution in [2.75, 3.05) is 7.11 Å². The van der Waals surface area contributed by atoms with Crippen LogP contribution in [-0.2, 0) is 16.6 Å². The molecule has 0 unspecified atom stereocenters. The molecule has 3 aromatic rings. The number of halogens is 1. The Morgan fingerprint density at radius 3 is 2.33 bits per heavy atom. The molecule has 2 aromatic carbocycles. The Morgan fingerprint density at radius 2 is 1.80 bits per heavy atom. The lowest BCUT2D eigenvalue weighted by atomic mass is 10.0. The normalized spacial score (nSPS) is 11.3. The molecule has 30 heavy (non-hydrogen) atoms. The number of nitrogens with zero attached hydrogens (tertiary/aromatic N) is 1. The SMILES string of the molecule is COc1ccc(-c2oc(CN(O)C(N)=O)cc2-c2ccc(S(N)(=O)=O)cc2)cc1Cl. The van der Waals surface area contributed by atoms with Crippen LogP contribution in [0.25, 0.3) is 22.5 Å². The number of primary sulfonamides is 1. The maximum atomic E-state index is 11.5. The van der Waals surface area contributed by atoms with Gasteiger partial charge >= 0.3 is 6.03 Å². The first-order valence-corrected chi connectivity index (χ1v) is 10.4. The van der Waals surface area contributed by atoms with Gasteiger partial charge in [0.1, 0.15) is 23.8 Å². The van der Waals surface area contributed by atoms with Gasteiger partial charge in [-0.15, -0.1) is 0 Å². The lowest BCUT2D eigenvalue weighted by molar-refractivity contribution is -0.0511. The number of urea groups is 1. The van der Waals surface area contributed by atoms with Gasteiger partial charge in [-0.1, -0.05) is 23.7 Å². The van der Waals surface area contributed by atoms with Crippen molar-refractivity contribution in [3.63, 3.8) is 0 Å². The summed E-state index contributed by atoms with van der Waals surface area (Å²) in [4.78, 5) is 11.1. The molecule has 0 aliphatic heterocycles. The summed E-state index contributed by atoms with van der Waals surface area (Å²) < 4.78 is 34.0. The van der Waals surface area contributed by atoms with Gasteiger partial charge in [-0.05, 0) is 42.0 Å². The maximum absolute atomic E-state index is 11.5. The van der Waals surface area contributed by atoms with Crippen LogP contribution < -0.4 is 15.6 Å². The summed E-state index contributed by atoms with van der Waals surface area (Å²) >= 11 is 6.22. The second-order valence-electron chi connectivity index (χ2n) is 6.27. The quantitative estimate of drug-likeness (QED) is 0.387. The predicted octanol–water partition coefficient (Wildman–Crippen LogP) is 3.19. The van der Waals surface area contributed by atoms with Crippen molar-refractivity contribution < 1.29 is 27.6 Å². The van der Waals surface area contributed by atoms with Crippen molar-refractivity contribution >= 4 is 27.7 Å². The number of rotatable bonds is 6. The zero-order valence-corrected chi connectivity index (χ0v) is 17.3. The van der Waals surface area contributed by atoms with Crippen LogP contribution in [0.4, 0.5) is 4.79 Å². The van der Waals surface area contributed by atoms with Gasteiger partial charge in [-0.3, -0.25) is 5.21 Å². The van der Waals surface area contributed by atoms with Crippen LogP contribution in [0.3, 0.4) is 0 Å². The largest absolute Gasteiger partial charge is 0.495 e. The number of hydroxylamine groups is 2. The fourth-order valence-electron chi connectivity index (χ4n) is 2.81. The molecule has 5 N–H and O–H groups in total. The minimum Gasteiger partial charge on any atom is -0.495 e. The molecule has 1 heterocycles. The van der Waals surface area contributed by atoms with E-state index in [0.29, 0.717) is 38.3 Å². The minimum absolute atomic E-state index is 0.0423. The van der Waals surface area contributed by atoms with Crippen molar-refractivity contribution in [2.45, 2.75) is 11.4 Å². The summed E-state index contributed by atoms with van der Waals surface area (Å²) in [5.74, 6) is 1.10. The number of carbonyl (C=O) groups excluding carboxylic acids is 1.